The molecule has 2 aliphatic heterocycles. The van der Waals surface area contributed by atoms with Crippen molar-refractivity contribution in [3.63, 3.8) is 0 Å². The quantitative estimate of drug-likeness (QED) is 0.860. The lowest BCUT2D eigenvalue weighted by Crippen LogP contribution is -2.41. The van der Waals surface area contributed by atoms with Gasteiger partial charge in [0, 0.05) is 30.2 Å². The summed E-state index contributed by atoms with van der Waals surface area (Å²) < 4.78 is 0. The first-order chi connectivity index (χ1) is 11.7. The number of anilines is 1. The summed E-state index contributed by atoms with van der Waals surface area (Å²) in [5.74, 6) is 0.171. The van der Waals surface area contributed by atoms with Gasteiger partial charge in [-0.2, -0.15) is 0 Å². The molecule has 1 aromatic carbocycles. The largest absolute Gasteiger partial charge is 0.310 e. The zero-order valence-corrected chi connectivity index (χ0v) is 14.9. The van der Waals surface area contributed by atoms with E-state index >= 15 is 0 Å². The molecule has 1 aromatic heterocycles. The second-order valence-electron chi connectivity index (χ2n) is 6.66. The summed E-state index contributed by atoms with van der Waals surface area (Å²) in [5.41, 5.74) is 3.26. The van der Waals surface area contributed by atoms with Gasteiger partial charge < -0.3 is 4.90 Å². The summed E-state index contributed by atoms with van der Waals surface area (Å²) in [4.78, 5) is 22.2. The average Bonchev–Trinajstić information content (AvgIpc) is 3.19. The third-order valence-electron chi connectivity index (χ3n) is 5.08. The fourth-order valence-electron chi connectivity index (χ4n) is 3.82. The highest BCUT2D eigenvalue weighted by atomic mass is 32.1. The molecule has 0 N–H and O–H groups in total. The molecule has 1 unspecified atom stereocenters. The Morgan fingerprint density at radius 3 is 3.08 bits per heavy atom. The number of rotatable bonds is 3. The van der Waals surface area contributed by atoms with Crippen LogP contribution in [0.1, 0.15) is 36.0 Å². The number of fused-ring (bicyclic) bond motifs is 2. The van der Waals surface area contributed by atoms with Gasteiger partial charge in [-0.05, 0) is 37.4 Å². The minimum atomic E-state index is 0.171. The van der Waals surface area contributed by atoms with Crippen molar-refractivity contribution in [1.29, 1.82) is 0 Å². The van der Waals surface area contributed by atoms with Crippen LogP contribution in [0.2, 0.25) is 0 Å². The average molecular weight is 341 g/mol. The van der Waals surface area contributed by atoms with Crippen LogP contribution in [0.15, 0.2) is 29.6 Å². The summed E-state index contributed by atoms with van der Waals surface area (Å²) in [7, 11) is 0. The first-order valence-electron chi connectivity index (χ1n) is 8.80. The summed E-state index contributed by atoms with van der Waals surface area (Å²) in [6.45, 7) is 5.01. The second kappa shape index (κ2) is 6.65. The van der Waals surface area contributed by atoms with Crippen molar-refractivity contribution >= 4 is 22.9 Å². The number of nitrogens with zero attached hydrogens (tertiary/aromatic N) is 3. The van der Waals surface area contributed by atoms with Crippen LogP contribution in [0.25, 0.3) is 0 Å². The van der Waals surface area contributed by atoms with Gasteiger partial charge in [-0.3, -0.25) is 9.69 Å². The van der Waals surface area contributed by atoms with Crippen LogP contribution in [0.5, 0.6) is 0 Å². The predicted molar refractivity (Wildman–Crippen MR) is 97.4 cm³/mol. The van der Waals surface area contributed by atoms with Crippen LogP contribution in [0, 0.1) is 0 Å². The molecule has 1 atom stereocenters. The molecule has 4 nitrogen and oxygen atoms in total. The lowest BCUT2D eigenvalue weighted by molar-refractivity contribution is -0.118. The lowest BCUT2D eigenvalue weighted by atomic mass is 10.1. The van der Waals surface area contributed by atoms with E-state index in [0.29, 0.717) is 12.5 Å². The molecular formula is C19H23N3OS. The number of carbonyl (C=O) groups is 1. The van der Waals surface area contributed by atoms with Gasteiger partial charge in [0.25, 0.3) is 0 Å². The first-order valence-corrected chi connectivity index (χ1v) is 9.68. The smallest absolute Gasteiger partial charge is 0.233 e. The van der Waals surface area contributed by atoms with E-state index in [1.54, 1.807) is 11.3 Å². The number of para-hydroxylation sites is 1. The molecule has 0 saturated carbocycles. The van der Waals surface area contributed by atoms with Crippen molar-refractivity contribution < 1.29 is 4.79 Å². The van der Waals surface area contributed by atoms with Crippen molar-refractivity contribution in [3.8, 4) is 0 Å². The highest BCUT2D eigenvalue weighted by Crippen LogP contribution is 2.31. The first kappa shape index (κ1) is 15.8. The third kappa shape index (κ3) is 2.98. The molecular weight excluding hydrogens is 318 g/mol. The predicted octanol–water partition coefficient (Wildman–Crippen LogP) is 3.26. The van der Waals surface area contributed by atoms with Gasteiger partial charge >= 0.3 is 0 Å². The molecule has 1 fully saturated rings. The SMILES string of the molecule is CCc1nc(CC(=O)N2CC3CCCN3Cc3ccccc32)cs1. The molecule has 4 rings (SSSR count). The topological polar surface area (TPSA) is 36.4 Å². The van der Waals surface area contributed by atoms with E-state index in [4.69, 9.17) is 0 Å². The number of hydrogen-bond donors (Lipinski definition) is 0. The van der Waals surface area contributed by atoms with Crippen molar-refractivity contribution in [2.75, 3.05) is 18.0 Å². The van der Waals surface area contributed by atoms with Crippen molar-refractivity contribution in [3.05, 3.63) is 45.9 Å². The highest BCUT2D eigenvalue weighted by Gasteiger charge is 2.33. The van der Waals surface area contributed by atoms with Gasteiger partial charge in [-0.15, -0.1) is 11.3 Å². The van der Waals surface area contributed by atoms with Crippen LogP contribution in [0.3, 0.4) is 0 Å². The van der Waals surface area contributed by atoms with E-state index in [-0.39, 0.29) is 5.91 Å². The van der Waals surface area contributed by atoms with E-state index in [0.717, 1.165) is 42.4 Å². The fraction of sp³-hybridized carbons (Fsp3) is 0.474. The lowest BCUT2D eigenvalue weighted by Gasteiger charge is -2.26. The van der Waals surface area contributed by atoms with Crippen molar-refractivity contribution in [1.82, 2.24) is 9.88 Å². The Morgan fingerprint density at radius 2 is 2.25 bits per heavy atom. The Bertz CT molecular complexity index is 742. The summed E-state index contributed by atoms with van der Waals surface area (Å²) >= 11 is 1.65. The molecule has 2 aliphatic rings. The van der Waals surface area contributed by atoms with Gasteiger partial charge in [0.2, 0.25) is 5.91 Å². The molecule has 126 valence electrons. The molecule has 2 aromatic rings. The zero-order valence-electron chi connectivity index (χ0n) is 14.1. The van der Waals surface area contributed by atoms with Gasteiger partial charge in [0.1, 0.15) is 0 Å². The number of thiazole rings is 1. The van der Waals surface area contributed by atoms with Crippen LogP contribution < -0.4 is 4.90 Å². The minimum Gasteiger partial charge on any atom is -0.310 e. The maximum Gasteiger partial charge on any atom is 0.233 e. The number of carbonyl (C=O) groups excluding carboxylic acids is 1. The molecule has 24 heavy (non-hydrogen) atoms. The third-order valence-corrected chi connectivity index (χ3v) is 6.13. The molecule has 0 spiro atoms. The van der Waals surface area contributed by atoms with Crippen LogP contribution >= 0.6 is 11.3 Å². The summed E-state index contributed by atoms with van der Waals surface area (Å²) in [5, 5.41) is 3.14. The summed E-state index contributed by atoms with van der Waals surface area (Å²) in [6, 6.07) is 8.85. The summed E-state index contributed by atoms with van der Waals surface area (Å²) in [6.07, 6.45) is 3.76. The number of benzene rings is 1. The number of amides is 1. The van der Waals surface area contributed by atoms with E-state index in [9.17, 15) is 4.79 Å². The van der Waals surface area contributed by atoms with Crippen LogP contribution in [-0.4, -0.2) is 34.9 Å². The number of aryl methyl sites for hydroxylation is 1. The molecule has 5 heteroatoms. The van der Waals surface area contributed by atoms with Gasteiger partial charge in [-0.25, -0.2) is 4.98 Å². The fourth-order valence-corrected chi connectivity index (χ4v) is 4.57. The molecule has 1 amide bonds. The Balaban J connectivity index is 1.61. The monoisotopic (exact) mass is 341 g/mol. The van der Waals surface area contributed by atoms with Crippen molar-refractivity contribution in [2.24, 2.45) is 0 Å². The molecule has 0 aliphatic carbocycles. The Labute approximate surface area is 147 Å². The zero-order chi connectivity index (χ0) is 16.5. The highest BCUT2D eigenvalue weighted by molar-refractivity contribution is 7.09. The van der Waals surface area contributed by atoms with E-state index < -0.39 is 0 Å². The number of hydrogen-bond acceptors (Lipinski definition) is 4. The van der Waals surface area contributed by atoms with Gasteiger partial charge in [0.15, 0.2) is 0 Å². The minimum absolute atomic E-state index is 0.171. The van der Waals surface area contributed by atoms with E-state index in [1.165, 1.54) is 18.4 Å². The van der Waals surface area contributed by atoms with E-state index in [2.05, 4.69) is 35.0 Å². The Kier molecular flexibility index (Phi) is 4.37. The van der Waals surface area contributed by atoms with Gasteiger partial charge in [-0.1, -0.05) is 25.1 Å². The molecule has 0 radical (unpaired) electrons. The maximum absolute atomic E-state index is 13.0. The Hall–Kier alpha value is -1.72. The molecule has 0 bridgehead atoms. The number of aromatic nitrogens is 1. The van der Waals surface area contributed by atoms with Crippen molar-refractivity contribution in [2.45, 2.75) is 45.2 Å². The standard InChI is InChI=1S/C19H23N3OS/c1-2-18-20-15(13-24-18)10-19(23)22-12-16-7-5-9-21(16)11-14-6-3-4-8-17(14)22/h3-4,6,8,13,16H,2,5,7,9-12H2,1H3. The normalized spacial score (nSPS) is 20.5. The van der Waals surface area contributed by atoms with E-state index in [1.807, 2.05) is 16.3 Å². The van der Waals surface area contributed by atoms with Crippen LogP contribution in [-0.2, 0) is 24.2 Å². The van der Waals surface area contributed by atoms with Crippen LogP contribution in [0.4, 0.5) is 5.69 Å². The van der Waals surface area contributed by atoms with Gasteiger partial charge in [0.05, 0.1) is 17.1 Å². The second-order valence-corrected chi connectivity index (χ2v) is 7.61. The molecule has 3 heterocycles. The molecule has 1 saturated heterocycles. The Morgan fingerprint density at radius 1 is 1.38 bits per heavy atom. The maximum atomic E-state index is 13.0.